The van der Waals surface area contributed by atoms with Crippen LogP contribution in [0.1, 0.15) is 36.4 Å². The molecule has 1 unspecified atom stereocenters. The smallest absolute Gasteiger partial charge is 0.0391 e. The molecule has 2 heteroatoms. The summed E-state index contributed by atoms with van der Waals surface area (Å²) < 4.78 is 1.36. The van der Waals surface area contributed by atoms with Gasteiger partial charge in [-0.1, -0.05) is 48.5 Å². The fourth-order valence-corrected chi connectivity index (χ4v) is 3.59. The molecular formula is C18H19NS. The van der Waals surface area contributed by atoms with Gasteiger partial charge >= 0.3 is 0 Å². The number of fused-ring (bicyclic) bond motifs is 1. The highest BCUT2D eigenvalue weighted by Crippen LogP contribution is 2.30. The van der Waals surface area contributed by atoms with Crippen molar-refractivity contribution >= 4 is 21.4 Å². The lowest BCUT2D eigenvalue weighted by molar-refractivity contribution is 0.500. The Bertz CT molecular complexity index is 654. The lowest BCUT2D eigenvalue weighted by Gasteiger charge is -2.19. The van der Waals surface area contributed by atoms with Gasteiger partial charge in [0.25, 0.3) is 0 Å². The van der Waals surface area contributed by atoms with E-state index in [1.807, 2.05) is 11.3 Å². The quantitative estimate of drug-likeness (QED) is 0.683. The largest absolute Gasteiger partial charge is 0.303 e. The van der Waals surface area contributed by atoms with Crippen LogP contribution >= 0.6 is 11.3 Å². The van der Waals surface area contributed by atoms with Crippen molar-refractivity contribution in [3.63, 3.8) is 0 Å². The van der Waals surface area contributed by atoms with Crippen LogP contribution in [0.5, 0.6) is 0 Å². The van der Waals surface area contributed by atoms with Crippen LogP contribution in [0.3, 0.4) is 0 Å². The maximum absolute atomic E-state index is 3.68. The normalized spacial score (nSPS) is 14.3. The van der Waals surface area contributed by atoms with Crippen molar-refractivity contribution in [1.82, 2.24) is 5.32 Å². The summed E-state index contributed by atoms with van der Waals surface area (Å²) in [6.45, 7) is 4.46. The SMILES string of the molecule is CC(N[C@H](C)c1ccccc1)c1cc2ccccc2s1. The maximum Gasteiger partial charge on any atom is 0.0391 e. The van der Waals surface area contributed by atoms with Gasteiger partial charge < -0.3 is 5.32 Å². The number of thiophene rings is 1. The van der Waals surface area contributed by atoms with Crippen LogP contribution in [0.15, 0.2) is 60.7 Å². The van der Waals surface area contributed by atoms with Gasteiger partial charge in [0.05, 0.1) is 0 Å². The Hall–Kier alpha value is -1.64. The van der Waals surface area contributed by atoms with E-state index in [1.54, 1.807) is 0 Å². The topological polar surface area (TPSA) is 12.0 Å². The van der Waals surface area contributed by atoms with Crippen molar-refractivity contribution in [2.75, 3.05) is 0 Å². The van der Waals surface area contributed by atoms with E-state index in [2.05, 4.69) is 79.8 Å². The molecule has 0 amide bonds. The molecule has 0 aliphatic rings. The highest BCUT2D eigenvalue weighted by atomic mass is 32.1. The van der Waals surface area contributed by atoms with Crippen molar-refractivity contribution in [3.05, 3.63) is 71.1 Å². The molecule has 0 radical (unpaired) electrons. The van der Waals surface area contributed by atoms with Crippen LogP contribution in [0.4, 0.5) is 0 Å². The van der Waals surface area contributed by atoms with Gasteiger partial charge in [0.1, 0.15) is 0 Å². The van der Waals surface area contributed by atoms with E-state index in [4.69, 9.17) is 0 Å². The first kappa shape index (κ1) is 13.3. The fraction of sp³-hybridized carbons (Fsp3) is 0.222. The van der Waals surface area contributed by atoms with Crippen LogP contribution in [0, 0.1) is 0 Å². The minimum atomic E-state index is 0.358. The Morgan fingerprint density at radius 2 is 1.55 bits per heavy atom. The average molecular weight is 281 g/mol. The van der Waals surface area contributed by atoms with Crippen LogP contribution in [-0.2, 0) is 0 Å². The minimum Gasteiger partial charge on any atom is -0.303 e. The first-order chi connectivity index (χ1) is 9.74. The first-order valence-corrected chi connectivity index (χ1v) is 7.85. The molecule has 2 aromatic carbocycles. The number of hydrogen-bond donors (Lipinski definition) is 1. The molecule has 1 N–H and O–H groups in total. The van der Waals surface area contributed by atoms with E-state index in [9.17, 15) is 0 Å². The number of nitrogens with one attached hydrogen (secondary N) is 1. The molecule has 0 saturated heterocycles. The second kappa shape index (κ2) is 5.78. The molecule has 3 rings (SSSR count). The molecule has 1 aromatic heterocycles. The molecule has 0 spiro atoms. The van der Waals surface area contributed by atoms with Gasteiger partial charge in [-0.05, 0) is 36.9 Å². The van der Waals surface area contributed by atoms with Crippen LogP contribution in [0.2, 0.25) is 0 Å². The zero-order valence-corrected chi connectivity index (χ0v) is 12.7. The van der Waals surface area contributed by atoms with Crippen molar-refractivity contribution < 1.29 is 0 Å². The lowest BCUT2D eigenvalue weighted by Crippen LogP contribution is -2.21. The average Bonchev–Trinajstić information content (AvgIpc) is 2.92. The van der Waals surface area contributed by atoms with E-state index >= 15 is 0 Å². The lowest BCUT2D eigenvalue weighted by atomic mass is 10.1. The molecule has 1 nitrogen and oxygen atoms in total. The predicted octanol–water partition coefficient (Wildman–Crippen LogP) is 5.31. The molecule has 1 heterocycles. The summed E-state index contributed by atoms with van der Waals surface area (Å²) in [5.74, 6) is 0. The third kappa shape index (κ3) is 2.77. The highest BCUT2D eigenvalue weighted by molar-refractivity contribution is 7.19. The predicted molar refractivity (Wildman–Crippen MR) is 88.2 cm³/mol. The molecule has 2 atom stereocenters. The summed E-state index contributed by atoms with van der Waals surface area (Å²) in [4.78, 5) is 1.40. The molecule has 0 aliphatic heterocycles. The fourth-order valence-electron chi connectivity index (χ4n) is 2.51. The van der Waals surface area contributed by atoms with Gasteiger partial charge in [0.2, 0.25) is 0 Å². The van der Waals surface area contributed by atoms with Gasteiger partial charge in [-0.15, -0.1) is 11.3 Å². The van der Waals surface area contributed by atoms with Gasteiger partial charge in [0, 0.05) is 21.7 Å². The standard InChI is InChI=1S/C18H19NS/c1-13(15-8-4-3-5-9-15)19-14(2)18-12-16-10-6-7-11-17(16)20-18/h3-14,19H,1-2H3/t13-,14?/m1/s1. The first-order valence-electron chi connectivity index (χ1n) is 7.03. The third-order valence-corrected chi connectivity index (χ3v) is 4.97. The summed E-state index contributed by atoms with van der Waals surface area (Å²) in [6, 6.07) is 22.2. The van der Waals surface area contributed by atoms with Crippen molar-refractivity contribution in [2.24, 2.45) is 0 Å². The molecule has 3 aromatic rings. The Kier molecular flexibility index (Phi) is 3.86. The summed E-state index contributed by atoms with van der Waals surface area (Å²) in [6.07, 6.45) is 0. The molecule has 0 fully saturated rings. The molecular weight excluding hydrogens is 262 g/mol. The summed E-state index contributed by atoms with van der Waals surface area (Å²) in [7, 11) is 0. The molecule has 0 bridgehead atoms. The number of benzene rings is 2. The minimum absolute atomic E-state index is 0.358. The molecule has 102 valence electrons. The van der Waals surface area contributed by atoms with Crippen LogP contribution in [0.25, 0.3) is 10.1 Å². The van der Waals surface area contributed by atoms with E-state index in [-0.39, 0.29) is 0 Å². The Morgan fingerprint density at radius 3 is 2.30 bits per heavy atom. The van der Waals surface area contributed by atoms with Gasteiger partial charge in [-0.25, -0.2) is 0 Å². The third-order valence-electron chi connectivity index (χ3n) is 3.67. The summed E-state index contributed by atoms with van der Waals surface area (Å²) in [5.41, 5.74) is 1.33. The van der Waals surface area contributed by atoms with Crippen LogP contribution in [-0.4, -0.2) is 0 Å². The van der Waals surface area contributed by atoms with Crippen molar-refractivity contribution in [1.29, 1.82) is 0 Å². The Labute approximate surface area is 124 Å². The van der Waals surface area contributed by atoms with E-state index in [0.29, 0.717) is 12.1 Å². The van der Waals surface area contributed by atoms with Crippen molar-refractivity contribution in [2.45, 2.75) is 25.9 Å². The Morgan fingerprint density at radius 1 is 0.850 bits per heavy atom. The van der Waals surface area contributed by atoms with E-state index in [1.165, 1.54) is 20.5 Å². The van der Waals surface area contributed by atoms with Crippen LogP contribution < -0.4 is 5.32 Å². The number of hydrogen-bond acceptors (Lipinski definition) is 2. The Balaban J connectivity index is 1.77. The maximum atomic E-state index is 3.68. The zero-order valence-electron chi connectivity index (χ0n) is 11.8. The number of rotatable bonds is 4. The zero-order chi connectivity index (χ0) is 13.9. The highest BCUT2D eigenvalue weighted by Gasteiger charge is 2.13. The van der Waals surface area contributed by atoms with Crippen molar-refractivity contribution in [3.8, 4) is 0 Å². The monoisotopic (exact) mass is 281 g/mol. The second-order valence-electron chi connectivity index (χ2n) is 5.21. The van der Waals surface area contributed by atoms with Gasteiger partial charge in [0.15, 0.2) is 0 Å². The molecule has 20 heavy (non-hydrogen) atoms. The summed E-state index contributed by atoms with van der Waals surface area (Å²) in [5, 5.41) is 5.03. The summed E-state index contributed by atoms with van der Waals surface area (Å²) >= 11 is 1.88. The van der Waals surface area contributed by atoms with E-state index < -0.39 is 0 Å². The van der Waals surface area contributed by atoms with E-state index in [0.717, 1.165) is 0 Å². The second-order valence-corrected chi connectivity index (χ2v) is 6.32. The molecule has 0 aliphatic carbocycles. The van der Waals surface area contributed by atoms with Gasteiger partial charge in [-0.2, -0.15) is 0 Å². The molecule has 0 saturated carbocycles. The van der Waals surface area contributed by atoms with Gasteiger partial charge in [-0.3, -0.25) is 0 Å².